The van der Waals surface area contributed by atoms with Crippen LogP contribution in [0.2, 0.25) is 0 Å². The molecule has 33 heavy (non-hydrogen) atoms. The van der Waals surface area contributed by atoms with E-state index in [9.17, 15) is 17.6 Å². The molecule has 0 saturated heterocycles. The number of anilines is 2. The number of hydrogen-bond donors (Lipinski definition) is 1. The molecule has 9 heteroatoms. The second-order valence-electron chi connectivity index (χ2n) is 6.87. The maximum Gasteiger partial charge on any atom is 0.264 e. The topological polar surface area (TPSA) is 84.9 Å². The Hall–Kier alpha value is -3.59. The van der Waals surface area contributed by atoms with Gasteiger partial charge in [-0.3, -0.25) is 9.10 Å². The van der Waals surface area contributed by atoms with Crippen LogP contribution in [0, 0.1) is 5.82 Å². The zero-order valence-corrected chi connectivity index (χ0v) is 19.1. The lowest BCUT2D eigenvalue weighted by atomic mass is 10.3. The number of halogens is 1. The third kappa shape index (κ3) is 6.01. The lowest BCUT2D eigenvalue weighted by Crippen LogP contribution is -2.38. The van der Waals surface area contributed by atoms with Crippen LogP contribution >= 0.6 is 0 Å². The Labute approximate surface area is 192 Å². The molecule has 0 aliphatic rings. The molecule has 0 saturated carbocycles. The first-order valence-corrected chi connectivity index (χ1v) is 11.8. The second-order valence-corrected chi connectivity index (χ2v) is 8.73. The molecular weight excluding hydrogens is 447 g/mol. The van der Waals surface area contributed by atoms with Crippen LogP contribution in [0.5, 0.6) is 11.5 Å². The van der Waals surface area contributed by atoms with Crippen molar-refractivity contribution in [3.05, 3.63) is 78.6 Å². The summed E-state index contributed by atoms with van der Waals surface area (Å²) in [4.78, 5) is 12.8. The Morgan fingerprint density at radius 1 is 0.909 bits per heavy atom. The Kier molecular flexibility index (Phi) is 7.89. The summed E-state index contributed by atoms with van der Waals surface area (Å²) in [7, 11) is -4.14. The molecule has 0 bridgehead atoms. The third-order valence-electron chi connectivity index (χ3n) is 4.59. The van der Waals surface area contributed by atoms with Gasteiger partial charge in [0.1, 0.15) is 23.9 Å². The molecule has 3 aromatic rings. The normalized spacial score (nSPS) is 11.0. The molecule has 0 aliphatic carbocycles. The molecule has 1 amide bonds. The van der Waals surface area contributed by atoms with Gasteiger partial charge in [0.15, 0.2) is 0 Å². The SMILES string of the molecule is CCOc1ccc(S(=O)(=O)N(CC(=O)Nc2ccccc2OCC)c2ccc(F)cc2)cc1. The highest BCUT2D eigenvalue weighted by atomic mass is 32.2. The van der Waals surface area contributed by atoms with Crippen molar-refractivity contribution in [2.75, 3.05) is 29.4 Å². The maximum absolute atomic E-state index is 13.5. The molecule has 7 nitrogen and oxygen atoms in total. The average Bonchev–Trinajstić information content (AvgIpc) is 2.80. The Bertz CT molecular complexity index is 1180. The zero-order chi connectivity index (χ0) is 23.8. The van der Waals surface area contributed by atoms with Crippen molar-refractivity contribution >= 4 is 27.3 Å². The minimum atomic E-state index is -4.14. The fourth-order valence-corrected chi connectivity index (χ4v) is 4.52. The van der Waals surface area contributed by atoms with Gasteiger partial charge in [0.2, 0.25) is 5.91 Å². The monoisotopic (exact) mass is 472 g/mol. The fraction of sp³-hybridized carbons (Fsp3) is 0.208. The number of carbonyl (C=O) groups excluding carboxylic acids is 1. The Morgan fingerprint density at radius 3 is 2.18 bits per heavy atom. The van der Waals surface area contributed by atoms with Crippen molar-refractivity contribution < 1.29 is 27.1 Å². The van der Waals surface area contributed by atoms with Gasteiger partial charge in [0.25, 0.3) is 10.0 Å². The van der Waals surface area contributed by atoms with Crippen LogP contribution in [0.3, 0.4) is 0 Å². The number of carbonyl (C=O) groups is 1. The highest BCUT2D eigenvalue weighted by Crippen LogP contribution is 2.27. The molecule has 0 heterocycles. The average molecular weight is 473 g/mol. The fourth-order valence-electron chi connectivity index (χ4n) is 3.10. The van der Waals surface area contributed by atoms with Gasteiger partial charge in [-0.1, -0.05) is 12.1 Å². The molecule has 0 unspecified atom stereocenters. The van der Waals surface area contributed by atoms with Crippen molar-refractivity contribution in [3.63, 3.8) is 0 Å². The Balaban J connectivity index is 1.91. The molecule has 0 radical (unpaired) electrons. The van der Waals surface area contributed by atoms with Crippen molar-refractivity contribution in [2.24, 2.45) is 0 Å². The van der Waals surface area contributed by atoms with Crippen LogP contribution in [0.4, 0.5) is 15.8 Å². The first kappa shape index (κ1) is 24.1. The predicted molar refractivity (Wildman–Crippen MR) is 125 cm³/mol. The van der Waals surface area contributed by atoms with E-state index in [0.717, 1.165) is 16.4 Å². The second kappa shape index (κ2) is 10.8. The van der Waals surface area contributed by atoms with Crippen LogP contribution in [0.15, 0.2) is 77.7 Å². The van der Waals surface area contributed by atoms with Crippen molar-refractivity contribution in [1.82, 2.24) is 0 Å². The van der Waals surface area contributed by atoms with Gasteiger partial charge in [0, 0.05) is 0 Å². The number of hydrogen-bond acceptors (Lipinski definition) is 5. The van der Waals surface area contributed by atoms with Crippen LogP contribution in [-0.2, 0) is 14.8 Å². The Morgan fingerprint density at radius 2 is 1.55 bits per heavy atom. The first-order chi connectivity index (χ1) is 15.8. The zero-order valence-electron chi connectivity index (χ0n) is 18.3. The van der Waals surface area contributed by atoms with Crippen LogP contribution in [0.25, 0.3) is 0 Å². The molecule has 174 valence electrons. The van der Waals surface area contributed by atoms with Gasteiger partial charge >= 0.3 is 0 Å². The van der Waals surface area contributed by atoms with Gasteiger partial charge < -0.3 is 14.8 Å². The van der Waals surface area contributed by atoms with Gasteiger partial charge in [-0.05, 0) is 74.5 Å². The number of sulfonamides is 1. The first-order valence-electron chi connectivity index (χ1n) is 10.4. The van der Waals surface area contributed by atoms with E-state index in [1.807, 2.05) is 13.8 Å². The standard InChI is InChI=1S/C24H25FN2O5S/c1-3-31-20-13-15-21(16-14-20)33(29,30)27(19-11-9-18(25)10-12-19)17-24(28)26-22-7-5-6-8-23(22)32-4-2/h5-16H,3-4,17H2,1-2H3,(H,26,28). The van der Waals surface area contributed by atoms with E-state index >= 15 is 0 Å². The van der Waals surface area contributed by atoms with E-state index in [0.29, 0.717) is 30.4 Å². The van der Waals surface area contributed by atoms with E-state index < -0.39 is 28.3 Å². The van der Waals surface area contributed by atoms with Gasteiger partial charge in [-0.25, -0.2) is 12.8 Å². The molecule has 0 fully saturated rings. The van der Waals surface area contributed by atoms with E-state index in [4.69, 9.17) is 9.47 Å². The van der Waals surface area contributed by atoms with E-state index in [2.05, 4.69) is 5.32 Å². The molecule has 0 atom stereocenters. The molecular formula is C24H25FN2O5S. The molecule has 3 aromatic carbocycles. The quantitative estimate of drug-likeness (QED) is 0.471. The summed E-state index contributed by atoms with van der Waals surface area (Å²) in [5.41, 5.74) is 0.570. The van der Waals surface area contributed by atoms with E-state index in [1.54, 1.807) is 24.3 Å². The molecule has 0 aromatic heterocycles. The number of nitrogens with zero attached hydrogens (tertiary/aromatic N) is 1. The number of ether oxygens (including phenoxy) is 2. The lowest BCUT2D eigenvalue weighted by molar-refractivity contribution is -0.114. The molecule has 0 aliphatic heterocycles. The third-order valence-corrected chi connectivity index (χ3v) is 6.37. The molecule has 0 spiro atoms. The minimum Gasteiger partial charge on any atom is -0.494 e. The van der Waals surface area contributed by atoms with Crippen molar-refractivity contribution in [3.8, 4) is 11.5 Å². The lowest BCUT2D eigenvalue weighted by Gasteiger charge is -2.24. The number of benzene rings is 3. The minimum absolute atomic E-state index is 0.0298. The number of nitrogens with one attached hydrogen (secondary N) is 1. The van der Waals surface area contributed by atoms with E-state index in [-0.39, 0.29) is 10.6 Å². The largest absolute Gasteiger partial charge is 0.494 e. The smallest absolute Gasteiger partial charge is 0.264 e. The van der Waals surface area contributed by atoms with Gasteiger partial charge in [0.05, 0.1) is 29.5 Å². The summed E-state index contributed by atoms with van der Waals surface area (Å²) < 4.78 is 52.1. The molecule has 1 N–H and O–H groups in total. The number of rotatable bonds is 10. The highest BCUT2D eigenvalue weighted by molar-refractivity contribution is 7.92. The van der Waals surface area contributed by atoms with Crippen LogP contribution in [0.1, 0.15) is 13.8 Å². The maximum atomic E-state index is 13.5. The van der Waals surface area contributed by atoms with Crippen molar-refractivity contribution in [1.29, 1.82) is 0 Å². The number of para-hydroxylation sites is 2. The summed E-state index contributed by atoms with van der Waals surface area (Å²) in [5, 5.41) is 2.69. The summed E-state index contributed by atoms with van der Waals surface area (Å²) in [6.07, 6.45) is 0. The van der Waals surface area contributed by atoms with Crippen molar-refractivity contribution in [2.45, 2.75) is 18.7 Å². The summed E-state index contributed by atoms with van der Waals surface area (Å²) in [6.45, 7) is 3.96. The van der Waals surface area contributed by atoms with Crippen LogP contribution < -0.4 is 19.1 Å². The summed E-state index contributed by atoms with van der Waals surface area (Å²) in [5.74, 6) is -0.112. The molecule has 3 rings (SSSR count). The highest BCUT2D eigenvalue weighted by Gasteiger charge is 2.27. The number of amides is 1. The summed E-state index contributed by atoms with van der Waals surface area (Å²) >= 11 is 0. The predicted octanol–water partition coefficient (Wildman–Crippen LogP) is 4.46. The van der Waals surface area contributed by atoms with Gasteiger partial charge in [-0.2, -0.15) is 0 Å². The van der Waals surface area contributed by atoms with Crippen LogP contribution in [-0.4, -0.2) is 34.1 Å². The summed E-state index contributed by atoms with van der Waals surface area (Å²) in [6, 6.07) is 17.6. The van der Waals surface area contributed by atoms with E-state index in [1.165, 1.54) is 36.4 Å². The van der Waals surface area contributed by atoms with Gasteiger partial charge in [-0.15, -0.1) is 0 Å².